The summed E-state index contributed by atoms with van der Waals surface area (Å²) in [5, 5.41) is 4.44. The molecule has 0 radical (unpaired) electrons. The first-order valence-electron chi connectivity index (χ1n) is 13.1. The third-order valence-electron chi connectivity index (χ3n) is 6.66. The highest BCUT2D eigenvalue weighted by molar-refractivity contribution is 5.85. The molecule has 2 rings (SSSR count). The first kappa shape index (κ1) is 26.4. The van der Waals surface area contributed by atoms with Crippen molar-refractivity contribution < 1.29 is 9.28 Å². The molecule has 1 unspecified atom stereocenters. The lowest BCUT2D eigenvalue weighted by Gasteiger charge is -2.33. The Hall–Kier alpha value is -1.81. The minimum absolute atomic E-state index is 0.0912. The normalized spacial score (nSPS) is 12.9. The Bertz CT molecular complexity index is 774. The highest BCUT2D eigenvalue weighted by atomic mass is 16.2. The quantitative estimate of drug-likeness (QED) is 0.210. The Kier molecular flexibility index (Phi) is 11.9. The highest BCUT2D eigenvalue weighted by Crippen LogP contribution is 2.21. The lowest BCUT2D eigenvalue weighted by atomic mass is 10.0. The molecule has 2 aromatic rings. The number of amides is 1. The van der Waals surface area contributed by atoms with Crippen LogP contribution < -0.4 is 5.32 Å². The van der Waals surface area contributed by atoms with E-state index in [0.717, 1.165) is 24.9 Å². The van der Waals surface area contributed by atoms with Gasteiger partial charge in [0.1, 0.15) is 0 Å². The summed E-state index contributed by atoms with van der Waals surface area (Å²) < 4.78 is 0.629. The molecular formula is C28H48N3O+. The van der Waals surface area contributed by atoms with Crippen LogP contribution in [0.1, 0.15) is 89.5 Å². The van der Waals surface area contributed by atoms with Crippen LogP contribution in [0.2, 0.25) is 0 Å². The van der Waals surface area contributed by atoms with Crippen molar-refractivity contribution in [2.45, 2.75) is 96.4 Å². The SMILES string of the molecule is CCCCCCCCCCCCCCNC(=O)C(Cc1c[nH]c2ccccc12)[N+](C)(C)C. The van der Waals surface area contributed by atoms with Gasteiger partial charge in [-0.15, -0.1) is 0 Å². The summed E-state index contributed by atoms with van der Waals surface area (Å²) in [7, 11) is 6.34. The Balaban J connectivity index is 1.63. The summed E-state index contributed by atoms with van der Waals surface area (Å²) in [4.78, 5) is 16.4. The number of carbonyl (C=O) groups excluding carboxylic acids is 1. The van der Waals surface area contributed by atoms with E-state index in [1.165, 1.54) is 81.6 Å². The molecule has 0 saturated heterocycles. The number of quaternary nitrogens is 1. The van der Waals surface area contributed by atoms with Gasteiger partial charge in [-0.3, -0.25) is 4.79 Å². The number of hydrogen-bond acceptors (Lipinski definition) is 1. The lowest BCUT2D eigenvalue weighted by Crippen LogP contribution is -2.55. The number of nitrogens with zero attached hydrogens (tertiary/aromatic N) is 1. The van der Waals surface area contributed by atoms with Gasteiger partial charge in [0.05, 0.1) is 21.1 Å². The Labute approximate surface area is 196 Å². The summed E-state index contributed by atoms with van der Waals surface area (Å²) >= 11 is 0. The van der Waals surface area contributed by atoms with E-state index in [4.69, 9.17) is 0 Å². The van der Waals surface area contributed by atoms with Crippen molar-refractivity contribution in [2.24, 2.45) is 0 Å². The topological polar surface area (TPSA) is 44.9 Å². The zero-order valence-electron chi connectivity index (χ0n) is 21.2. The second kappa shape index (κ2) is 14.4. The van der Waals surface area contributed by atoms with Crippen LogP contribution in [0.5, 0.6) is 0 Å². The van der Waals surface area contributed by atoms with Gasteiger partial charge in [0.25, 0.3) is 5.91 Å². The largest absolute Gasteiger partial charge is 0.361 e. The Morgan fingerprint density at radius 2 is 1.44 bits per heavy atom. The van der Waals surface area contributed by atoms with Crippen LogP contribution in [0.15, 0.2) is 30.5 Å². The van der Waals surface area contributed by atoms with Crippen LogP contribution in [-0.2, 0) is 11.2 Å². The molecule has 0 fully saturated rings. The van der Waals surface area contributed by atoms with Crippen molar-refractivity contribution in [2.75, 3.05) is 27.7 Å². The number of likely N-dealkylation sites (N-methyl/N-ethyl adjacent to an activating group) is 1. The zero-order valence-corrected chi connectivity index (χ0v) is 21.2. The molecule has 4 nitrogen and oxygen atoms in total. The van der Waals surface area contributed by atoms with Gasteiger partial charge in [-0.25, -0.2) is 0 Å². The van der Waals surface area contributed by atoms with Crippen LogP contribution in [0.25, 0.3) is 10.9 Å². The second-order valence-corrected chi connectivity index (χ2v) is 10.4. The number of carbonyl (C=O) groups is 1. The smallest absolute Gasteiger partial charge is 0.278 e. The third-order valence-corrected chi connectivity index (χ3v) is 6.66. The maximum atomic E-state index is 13.0. The standard InChI is InChI=1S/C28H47N3O/c1-5-6-7-8-9-10-11-12-13-14-15-18-21-29-28(32)27(31(2,3)4)22-24-23-30-26-20-17-16-19-25(24)26/h16-17,19-20,23,27,30H,5-15,18,21-22H2,1-4H3/p+1. The monoisotopic (exact) mass is 442 g/mol. The van der Waals surface area contributed by atoms with E-state index < -0.39 is 0 Å². The number of aromatic amines is 1. The van der Waals surface area contributed by atoms with E-state index in [0.29, 0.717) is 4.48 Å². The van der Waals surface area contributed by atoms with Crippen LogP contribution in [-0.4, -0.2) is 49.1 Å². The minimum Gasteiger partial charge on any atom is -0.361 e. The number of aromatic nitrogens is 1. The molecule has 1 aromatic heterocycles. The van der Waals surface area contributed by atoms with Gasteiger partial charge in [-0.1, -0.05) is 95.8 Å². The number of para-hydroxylation sites is 1. The molecule has 0 aliphatic carbocycles. The molecule has 0 spiro atoms. The lowest BCUT2D eigenvalue weighted by molar-refractivity contribution is -0.886. The van der Waals surface area contributed by atoms with Gasteiger partial charge < -0.3 is 14.8 Å². The average Bonchev–Trinajstić information content (AvgIpc) is 3.17. The number of nitrogens with one attached hydrogen (secondary N) is 2. The summed E-state index contributed by atoms with van der Waals surface area (Å²) in [5.74, 6) is 0.172. The predicted octanol–water partition coefficient (Wildman–Crippen LogP) is 6.60. The van der Waals surface area contributed by atoms with Gasteiger partial charge >= 0.3 is 0 Å². The molecular weight excluding hydrogens is 394 g/mol. The highest BCUT2D eigenvalue weighted by Gasteiger charge is 2.32. The number of fused-ring (bicyclic) bond motifs is 1. The molecule has 0 bridgehead atoms. The fraction of sp³-hybridized carbons (Fsp3) is 0.679. The van der Waals surface area contributed by atoms with Crippen molar-refractivity contribution in [3.05, 3.63) is 36.0 Å². The molecule has 180 valence electrons. The summed E-state index contributed by atoms with van der Waals surface area (Å²) in [6.45, 7) is 3.07. The molecule has 0 aliphatic rings. The molecule has 4 heteroatoms. The minimum atomic E-state index is -0.0912. The fourth-order valence-corrected chi connectivity index (χ4v) is 4.52. The maximum Gasteiger partial charge on any atom is 0.278 e. The summed E-state index contributed by atoms with van der Waals surface area (Å²) in [6, 6.07) is 8.24. The van der Waals surface area contributed by atoms with E-state index in [1.807, 2.05) is 6.07 Å². The first-order valence-corrected chi connectivity index (χ1v) is 13.1. The number of rotatable bonds is 17. The molecule has 32 heavy (non-hydrogen) atoms. The molecule has 2 N–H and O–H groups in total. The van der Waals surface area contributed by atoms with Gasteiger partial charge in [-0.2, -0.15) is 0 Å². The van der Waals surface area contributed by atoms with Crippen LogP contribution >= 0.6 is 0 Å². The molecule has 0 saturated carbocycles. The molecule has 1 heterocycles. The Morgan fingerprint density at radius 3 is 2.03 bits per heavy atom. The van der Waals surface area contributed by atoms with Crippen molar-refractivity contribution >= 4 is 16.8 Å². The molecule has 1 amide bonds. The van der Waals surface area contributed by atoms with Crippen molar-refractivity contribution in [1.29, 1.82) is 0 Å². The van der Waals surface area contributed by atoms with Gasteiger partial charge in [0, 0.05) is 30.1 Å². The molecule has 0 aliphatic heterocycles. The fourth-order valence-electron chi connectivity index (χ4n) is 4.52. The number of hydrogen-bond donors (Lipinski definition) is 2. The molecule has 1 atom stereocenters. The van der Waals surface area contributed by atoms with Gasteiger partial charge in [0.15, 0.2) is 6.04 Å². The average molecular weight is 443 g/mol. The number of unbranched alkanes of at least 4 members (excludes halogenated alkanes) is 11. The van der Waals surface area contributed by atoms with Gasteiger partial charge in [0.2, 0.25) is 0 Å². The van der Waals surface area contributed by atoms with Gasteiger partial charge in [-0.05, 0) is 18.1 Å². The number of H-pyrrole nitrogens is 1. The maximum absolute atomic E-state index is 13.0. The Morgan fingerprint density at radius 1 is 0.875 bits per heavy atom. The van der Waals surface area contributed by atoms with E-state index >= 15 is 0 Å². The van der Waals surface area contributed by atoms with E-state index in [-0.39, 0.29) is 11.9 Å². The predicted molar refractivity (Wildman–Crippen MR) is 138 cm³/mol. The van der Waals surface area contributed by atoms with E-state index in [9.17, 15) is 4.79 Å². The van der Waals surface area contributed by atoms with E-state index in [1.54, 1.807) is 0 Å². The second-order valence-electron chi connectivity index (χ2n) is 10.4. The first-order chi connectivity index (χ1) is 15.4. The zero-order chi connectivity index (χ0) is 23.2. The van der Waals surface area contributed by atoms with Crippen molar-refractivity contribution in [3.63, 3.8) is 0 Å². The number of benzene rings is 1. The summed E-state index contributed by atoms with van der Waals surface area (Å²) in [5.41, 5.74) is 2.36. The van der Waals surface area contributed by atoms with Crippen LogP contribution in [0, 0.1) is 0 Å². The van der Waals surface area contributed by atoms with Crippen molar-refractivity contribution in [1.82, 2.24) is 10.3 Å². The summed E-state index contributed by atoms with van der Waals surface area (Å²) in [6.07, 6.45) is 18.9. The van der Waals surface area contributed by atoms with Crippen molar-refractivity contribution in [3.8, 4) is 0 Å². The van der Waals surface area contributed by atoms with E-state index in [2.05, 4.69) is 62.8 Å². The van der Waals surface area contributed by atoms with Crippen LogP contribution in [0.3, 0.4) is 0 Å². The third kappa shape index (κ3) is 9.36. The van der Waals surface area contributed by atoms with Crippen LogP contribution in [0.4, 0.5) is 0 Å². The molecule has 1 aromatic carbocycles.